The Balaban J connectivity index is 3.69. The van der Waals surface area contributed by atoms with Gasteiger partial charge < -0.3 is 0 Å². The van der Waals surface area contributed by atoms with Crippen molar-refractivity contribution in [3.63, 3.8) is 0 Å². The third-order valence-corrected chi connectivity index (χ3v) is 1.52. The average Bonchev–Trinajstić information content (AvgIpc) is 2.03. The first-order chi connectivity index (χ1) is 5.35. The maximum Gasteiger partial charge on any atom is 0.0386 e. The van der Waals surface area contributed by atoms with Crippen LogP contribution in [0.25, 0.3) is 0 Å². The first-order valence-corrected chi connectivity index (χ1v) is 4.50. The van der Waals surface area contributed by atoms with E-state index in [2.05, 4.69) is 31.8 Å². The van der Waals surface area contributed by atoms with Gasteiger partial charge in [-0.25, -0.2) is 0 Å². The molecule has 0 fully saturated rings. The van der Waals surface area contributed by atoms with Crippen LogP contribution in [0.1, 0.15) is 40.0 Å². The summed E-state index contributed by atoms with van der Waals surface area (Å²) in [6, 6.07) is 0. The van der Waals surface area contributed by atoms with Crippen molar-refractivity contribution in [3.05, 3.63) is 11.6 Å². The van der Waals surface area contributed by atoms with Crippen molar-refractivity contribution in [2.75, 3.05) is 6.54 Å². The van der Waals surface area contributed by atoms with Crippen LogP contribution in [0.3, 0.4) is 0 Å². The summed E-state index contributed by atoms with van der Waals surface area (Å²) >= 11 is 0. The molecule has 0 rings (SSSR count). The summed E-state index contributed by atoms with van der Waals surface area (Å²) in [5.41, 5.74) is 1.36. The molecule has 0 saturated carbocycles. The van der Waals surface area contributed by atoms with E-state index in [-0.39, 0.29) is 0 Å². The van der Waals surface area contributed by atoms with Crippen molar-refractivity contribution in [1.82, 2.24) is 0 Å². The first kappa shape index (κ1) is 10.4. The van der Waals surface area contributed by atoms with E-state index in [1.165, 1.54) is 12.0 Å². The summed E-state index contributed by atoms with van der Waals surface area (Å²) < 4.78 is 0. The van der Waals surface area contributed by atoms with Gasteiger partial charge in [0.25, 0.3) is 0 Å². The molecule has 1 heteroatoms. The van der Waals surface area contributed by atoms with Gasteiger partial charge in [0.1, 0.15) is 0 Å². The molecule has 0 saturated heterocycles. The van der Waals surface area contributed by atoms with Crippen molar-refractivity contribution in [2.45, 2.75) is 40.0 Å². The van der Waals surface area contributed by atoms with Gasteiger partial charge in [-0.15, -0.1) is 0 Å². The lowest BCUT2D eigenvalue weighted by Gasteiger charge is -1.95. The molecular formula is C10H19N. The Morgan fingerprint density at radius 2 is 2.00 bits per heavy atom. The second-order valence-corrected chi connectivity index (χ2v) is 2.65. The Morgan fingerprint density at radius 1 is 1.27 bits per heavy atom. The Morgan fingerprint density at radius 3 is 2.45 bits per heavy atom. The largest absolute Gasteiger partial charge is 0.293 e. The van der Waals surface area contributed by atoms with Gasteiger partial charge in [0.15, 0.2) is 0 Å². The second kappa shape index (κ2) is 7.52. The lowest BCUT2D eigenvalue weighted by Crippen LogP contribution is -1.85. The van der Waals surface area contributed by atoms with E-state index in [0.717, 1.165) is 19.4 Å². The summed E-state index contributed by atoms with van der Waals surface area (Å²) in [4.78, 5) is 4.29. The standard InChI is InChI=1S/C10H19N/c1-4-7-10(6-3)9-11-8-5-2/h6,9H,4-5,7-8H2,1-3H3/b10-6-,11-9?. The Kier molecular flexibility index (Phi) is 7.11. The molecule has 0 aromatic carbocycles. The van der Waals surface area contributed by atoms with Gasteiger partial charge in [0, 0.05) is 12.8 Å². The fourth-order valence-corrected chi connectivity index (χ4v) is 0.883. The van der Waals surface area contributed by atoms with Gasteiger partial charge in [-0.2, -0.15) is 0 Å². The maximum atomic E-state index is 4.29. The number of hydrogen-bond acceptors (Lipinski definition) is 1. The van der Waals surface area contributed by atoms with Crippen molar-refractivity contribution in [3.8, 4) is 0 Å². The second-order valence-electron chi connectivity index (χ2n) is 2.65. The summed E-state index contributed by atoms with van der Waals surface area (Å²) in [7, 11) is 0. The quantitative estimate of drug-likeness (QED) is 0.538. The van der Waals surface area contributed by atoms with Crippen LogP contribution in [0.2, 0.25) is 0 Å². The summed E-state index contributed by atoms with van der Waals surface area (Å²) in [5, 5.41) is 0. The van der Waals surface area contributed by atoms with Crippen LogP contribution in [0.15, 0.2) is 16.6 Å². The van der Waals surface area contributed by atoms with Crippen LogP contribution in [0.5, 0.6) is 0 Å². The zero-order chi connectivity index (χ0) is 8.53. The van der Waals surface area contributed by atoms with Crippen LogP contribution < -0.4 is 0 Å². The van der Waals surface area contributed by atoms with E-state index >= 15 is 0 Å². The number of aliphatic imine (C=N–C) groups is 1. The minimum Gasteiger partial charge on any atom is -0.293 e. The lowest BCUT2D eigenvalue weighted by atomic mass is 10.1. The van der Waals surface area contributed by atoms with Crippen LogP contribution >= 0.6 is 0 Å². The minimum atomic E-state index is 0.959. The monoisotopic (exact) mass is 153 g/mol. The fourth-order valence-electron chi connectivity index (χ4n) is 0.883. The van der Waals surface area contributed by atoms with Crippen molar-refractivity contribution in [1.29, 1.82) is 0 Å². The first-order valence-electron chi connectivity index (χ1n) is 4.50. The number of rotatable bonds is 5. The molecule has 0 spiro atoms. The SMILES string of the molecule is C/C=C(\C=NCCC)CCC. The van der Waals surface area contributed by atoms with Crippen LogP contribution in [-0.2, 0) is 0 Å². The predicted molar refractivity (Wildman–Crippen MR) is 52.3 cm³/mol. The molecule has 1 nitrogen and oxygen atoms in total. The van der Waals surface area contributed by atoms with E-state index in [9.17, 15) is 0 Å². The smallest absolute Gasteiger partial charge is 0.0386 e. The van der Waals surface area contributed by atoms with E-state index in [1.54, 1.807) is 0 Å². The third kappa shape index (κ3) is 5.84. The van der Waals surface area contributed by atoms with E-state index < -0.39 is 0 Å². The molecular weight excluding hydrogens is 134 g/mol. The molecule has 0 bridgehead atoms. The highest BCUT2D eigenvalue weighted by Gasteiger charge is 1.87. The Hall–Kier alpha value is -0.590. The van der Waals surface area contributed by atoms with Gasteiger partial charge in [0.05, 0.1) is 0 Å². The van der Waals surface area contributed by atoms with Gasteiger partial charge >= 0.3 is 0 Å². The van der Waals surface area contributed by atoms with Gasteiger partial charge in [0.2, 0.25) is 0 Å². The molecule has 0 aliphatic carbocycles. The highest BCUT2D eigenvalue weighted by molar-refractivity contribution is 5.78. The lowest BCUT2D eigenvalue weighted by molar-refractivity contribution is 0.918. The molecule has 0 heterocycles. The third-order valence-electron chi connectivity index (χ3n) is 1.52. The van der Waals surface area contributed by atoms with Crippen LogP contribution in [0, 0.1) is 0 Å². The number of hydrogen-bond donors (Lipinski definition) is 0. The summed E-state index contributed by atoms with van der Waals surface area (Å²) in [6.07, 6.45) is 7.65. The highest BCUT2D eigenvalue weighted by atomic mass is 14.7. The summed E-state index contributed by atoms with van der Waals surface area (Å²) in [6.45, 7) is 7.37. The van der Waals surface area contributed by atoms with Crippen LogP contribution in [-0.4, -0.2) is 12.8 Å². The Labute approximate surface area is 70.2 Å². The van der Waals surface area contributed by atoms with E-state index in [1.807, 2.05) is 6.21 Å². The number of allylic oxidation sites excluding steroid dienone is 2. The summed E-state index contributed by atoms with van der Waals surface area (Å²) in [5.74, 6) is 0. The molecule has 0 aromatic heterocycles. The molecule has 0 atom stereocenters. The molecule has 0 aromatic rings. The number of nitrogens with zero attached hydrogens (tertiary/aromatic N) is 1. The predicted octanol–water partition coefficient (Wildman–Crippen LogP) is 3.21. The topological polar surface area (TPSA) is 12.4 Å². The fraction of sp³-hybridized carbons (Fsp3) is 0.700. The van der Waals surface area contributed by atoms with Gasteiger partial charge in [-0.1, -0.05) is 26.3 Å². The van der Waals surface area contributed by atoms with Crippen LogP contribution in [0.4, 0.5) is 0 Å². The molecule has 0 amide bonds. The van der Waals surface area contributed by atoms with E-state index in [4.69, 9.17) is 0 Å². The van der Waals surface area contributed by atoms with Gasteiger partial charge in [-0.3, -0.25) is 4.99 Å². The highest BCUT2D eigenvalue weighted by Crippen LogP contribution is 2.00. The molecule has 0 radical (unpaired) electrons. The Bertz CT molecular complexity index is 134. The molecule has 0 aliphatic heterocycles. The van der Waals surface area contributed by atoms with Gasteiger partial charge in [-0.05, 0) is 25.3 Å². The van der Waals surface area contributed by atoms with Crippen molar-refractivity contribution >= 4 is 6.21 Å². The normalized spacial score (nSPS) is 12.8. The minimum absolute atomic E-state index is 0.959. The molecule has 11 heavy (non-hydrogen) atoms. The van der Waals surface area contributed by atoms with Crippen molar-refractivity contribution < 1.29 is 0 Å². The molecule has 0 unspecified atom stereocenters. The zero-order valence-corrected chi connectivity index (χ0v) is 7.93. The van der Waals surface area contributed by atoms with E-state index in [0.29, 0.717) is 0 Å². The van der Waals surface area contributed by atoms with Crippen molar-refractivity contribution in [2.24, 2.45) is 4.99 Å². The average molecular weight is 153 g/mol. The zero-order valence-electron chi connectivity index (χ0n) is 7.93. The molecule has 64 valence electrons. The maximum absolute atomic E-state index is 4.29. The molecule has 0 aliphatic rings. The molecule has 0 N–H and O–H groups in total.